The van der Waals surface area contributed by atoms with Gasteiger partial charge in [0.15, 0.2) is 0 Å². The summed E-state index contributed by atoms with van der Waals surface area (Å²) in [6, 6.07) is -0.259. The van der Waals surface area contributed by atoms with E-state index in [4.69, 9.17) is 5.11 Å². The van der Waals surface area contributed by atoms with Gasteiger partial charge in [-0.2, -0.15) is 0 Å². The van der Waals surface area contributed by atoms with Crippen molar-refractivity contribution in [1.82, 2.24) is 5.32 Å². The second-order valence-electron chi connectivity index (χ2n) is 3.10. The smallest absolute Gasteiger partial charge is 0.305 e. The first-order valence-corrected chi connectivity index (χ1v) is 4.72. The second-order valence-corrected chi connectivity index (χ2v) is 3.10. The highest BCUT2D eigenvalue weighted by molar-refractivity contribution is 5.77. The quantitative estimate of drug-likeness (QED) is 0.608. The van der Waals surface area contributed by atoms with Crippen molar-refractivity contribution in [2.45, 2.75) is 38.6 Å². The number of carboxylic acid groups (broad SMARTS) is 1. The minimum absolute atomic E-state index is 0.0175. The van der Waals surface area contributed by atoms with Gasteiger partial charge in [-0.1, -0.05) is 13.0 Å². The summed E-state index contributed by atoms with van der Waals surface area (Å²) in [5.41, 5.74) is 0. The Morgan fingerprint density at radius 3 is 2.64 bits per heavy atom. The SMILES string of the molecule is C=CCCC(=O)NC(CC)CC(=O)O. The Morgan fingerprint density at radius 2 is 2.21 bits per heavy atom. The van der Waals surface area contributed by atoms with Gasteiger partial charge in [0.25, 0.3) is 0 Å². The van der Waals surface area contributed by atoms with Crippen molar-refractivity contribution in [1.29, 1.82) is 0 Å². The van der Waals surface area contributed by atoms with Crippen molar-refractivity contribution in [3.63, 3.8) is 0 Å². The standard InChI is InChI=1S/C10H17NO3/c1-3-5-6-9(12)11-8(4-2)7-10(13)14/h3,8H,1,4-7H2,2H3,(H,11,12)(H,13,14). The van der Waals surface area contributed by atoms with Crippen LogP contribution in [0.3, 0.4) is 0 Å². The third-order valence-electron chi connectivity index (χ3n) is 1.85. The van der Waals surface area contributed by atoms with Crippen molar-refractivity contribution in [2.75, 3.05) is 0 Å². The van der Waals surface area contributed by atoms with Crippen molar-refractivity contribution < 1.29 is 14.7 Å². The Morgan fingerprint density at radius 1 is 1.57 bits per heavy atom. The van der Waals surface area contributed by atoms with E-state index in [1.165, 1.54) is 0 Å². The molecule has 0 aliphatic heterocycles. The number of carboxylic acids is 1. The third-order valence-corrected chi connectivity index (χ3v) is 1.85. The molecular weight excluding hydrogens is 182 g/mol. The summed E-state index contributed by atoms with van der Waals surface area (Å²) in [5.74, 6) is -1.00. The van der Waals surface area contributed by atoms with Gasteiger partial charge in [0, 0.05) is 12.5 Å². The molecule has 0 radical (unpaired) electrons. The number of amides is 1. The van der Waals surface area contributed by atoms with Crippen LogP contribution in [0.25, 0.3) is 0 Å². The first kappa shape index (κ1) is 12.7. The van der Waals surface area contributed by atoms with Crippen molar-refractivity contribution in [3.8, 4) is 0 Å². The third kappa shape index (κ3) is 6.22. The molecule has 0 heterocycles. The van der Waals surface area contributed by atoms with Gasteiger partial charge in [0.05, 0.1) is 6.42 Å². The van der Waals surface area contributed by atoms with Crippen LogP contribution >= 0.6 is 0 Å². The molecule has 1 amide bonds. The topological polar surface area (TPSA) is 66.4 Å². The molecule has 0 aliphatic carbocycles. The molecule has 0 rings (SSSR count). The Labute approximate surface area is 84.0 Å². The van der Waals surface area contributed by atoms with Crippen molar-refractivity contribution in [3.05, 3.63) is 12.7 Å². The number of carbonyl (C=O) groups excluding carboxylic acids is 1. The number of carbonyl (C=O) groups is 2. The lowest BCUT2D eigenvalue weighted by Crippen LogP contribution is -2.35. The summed E-state index contributed by atoms with van der Waals surface area (Å²) in [4.78, 5) is 21.6. The van der Waals surface area contributed by atoms with Gasteiger partial charge in [-0.3, -0.25) is 9.59 Å². The van der Waals surface area contributed by atoms with Crippen molar-refractivity contribution in [2.24, 2.45) is 0 Å². The van der Waals surface area contributed by atoms with E-state index in [-0.39, 0.29) is 18.4 Å². The van der Waals surface area contributed by atoms with Crippen LogP contribution in [0.4, 0.5) is 0 Å². The lowest BCUT2D eigenvalue weighted by molar-refractivity contribution is -0.137. The van der Waals surface area contributed by atoms with Crippen LogP contribution in [0.5, 0.6) is 0 Å². The summed E-state index contributed by atoms with van der Waals surface area (Å²) < 4.78 is 0. The first-order valence-electron chi connectivity index (χ1n) is 4.72. The van der Waals surface area contributed by atoms with Crippen LogP contribution in [0.1, 0.15) is 32.6 Å². The molecule has 0 aromatic heterocycles. The van der Waals surface area contributed by atoms with Crippen LogP contribution in [0.2, 0.25) is 0 Å². The van der Waals surface area contributed by atoms with E-state index < -0.39 is 5.97 Å². The number of nitrogens with one attached hydrogen (secondary N) is 1. The molecule has 4 heteroatoms. The lowest BCUT2D eigenvalue weighted by Gasteiger charge is -2.14. The fourth-order valence-corrected chi connectivity index (χ4v) is 1.04. The van der Waals surface area contributed by atoms with E-state index in [9.17, 15) is 9.59 Å². The molecule has 0 spiro atoms. The van der Waals surface area contributed by atoms with E-state index in [0.717, 1.165) is 0 Å². The van der Waals surface area contributed by atoms with Gasteiger partial charge >= 0.3 is 5.97 Å². The number of rotatable bonds is 7. The second kappa shape index (κ2) is 7.12. The number of aliphatic carboxylic acids is 1. The van der Waals surface area contributed by atoms with Gasteiger partial charge in [0.2, 0.25) is 5.91 Å². The van der Waals surface area contributed by atoms with Crippen LogP contribution in [-0.4, -0.2) is 23.0 Å². The minimum atomic E-state index is -0.888. The van der Waals surface area contributed by atoms with Crippen LogP contribution in [-0.2, 0) is 9.59 Å². The largest absolute Gasteiger partial charge is 0.481 e. The molecule has 0 aromatic carbocycles. The summed E-state index contributed by atoms with van der Waals surface area (Å²) in [5, 5.41) is 11.2. The van der Waals surface area contributed by atoms with E-state index >= 15 is 0 Å². The maximum absolute atomic E-state index is 11.2. The molecule has 1 unspecified atom stereocenters. The normalized spacial score (nSPS) is 11.8. The molecular formula is C10H17NO3. The zero-order valence-electron chi connectivity index (χ0n) is 8.45. The fourth-order valence-electron chi connectivity index (χ4n) is 1.04. The molecule has 0 aliphatic rings. The van der Waals surface area contributed by atoms with Gasteiger partial charge in [0.1, 0.15) is 0 Å². The summed E-state index contributed by atoms with van der Waals surface area (Å²) >= 11 is 0. The molecule has 0 fully saturated rings. The molecule has 80 valence electrons. The van der Waals surface area contributed by atoms with Gasteiger partial charge in [-0.05, 0) is 12.8 Å². The maximum atomic E-state index is 11.2. The molecule has 4 nitrogen and oxygen atoms in total. The Bertz CT molecular complexity index is 213. The van der Waals surface area contributed by atoms with Gasteiger partial charge in [-0.15, -0.1) is 6.58 Å². The molecule has 0 saturated heterocycles. The maximum Gasteiger partial charge on any atom is 0.305 e. The predicted molar refractivity (Wildman–Crippen MR) is 53.9 cm³/mol. The van der Waals surface area contributed by atoms with Crippen LogP contribution in [0, 0.1) is 0 Å². The number of hydrogen-bond acceptors (Lipinski definition) is 2. The molecule has 0 aromatic rings. The predicted octanol–water partition coefficient (Wildman–Crippen LogP) is 1.32. The zero-order chi connectivity index (χ0) is 11.0. The highest BCUT2D eigenvalue weighted by Gasteiger charge is 2.12. The average molecular weight is 199 g/mol. The van der Waals surface area contributed by atoms with Gasteiger partial charge < -0.3 is 10.4 Å². The molecule has 14 heavy (non-hydrogen) atoms. The first-order chi connectivity index (χ1) is 6.60. The highest BCUT2D eigenvalue weighted by atomic mass is 16.4. The van der Waals surface area contributed by atoms with E-state index in [0.29, 0.717) is 19.3 Å². The monoisotopic (exact) mass is 199 g/mol. The van der Waals surface area contributed by atoms with E-state index in [2.05, 4.69) is 11.9 Å². The Kier molecular flexibility index (Phi) is 6.45. The van der Waals surface area contributed by atoms with E-state index in [1.54, 1.807) is 6.08 Å². The molecule has 1 atom stereocenters. The number of allylic oxidation sites excluding steroid dienone is 1. The Hall–Kier alpha value is -1.32. The van der Waals surface area contributed by atoms with Gasteiger partial charge in [-0.25, -0.2) is 0 Å². The summed E-state index contributed by atoms with van der Waals surface area (Å²) in [6.07, 6.45) is 3.27. The van der Waals surface area contributed by atoms with Crippen LogP contribution < -0.4 is 5.32 Å². The minimum Gasteiger partial charge on any atom is -0.481 e. The lowest BCUT2D eigenvalue weighted by atomic mass is 10.1. The summed E-state index contributed by atoms with van der Waals surface area (Å²) in [6.45, 7) is 5.35. The van der Waals surface area contributed by atoms with Crippen LogP contribution in [0.15, 0.2) is 12.7 Å². The summed E-state index contributed by atoms with van der Waals surface area (Å²) in [7, 11) is 0. The number of hydrogen-bond donors (Lipinski definition) is 2. The highest BCUT2D eigenvalue weighted by Crippen LogP contribution is 1.99. The average Bonchev–Trinajstić information content (AvgIpc) is 2.12. The van der Waals surface area contributed by atoms with E-state index in [1.807, 2.05) is 6.92 Å². The molecule has 0 saturated carbocycles. The zero-order valence-corrected chi connectivity index (χ0v) is 8.45. The Balaban J connectivity index is 3.85. The molecule has 0 bridgehead atoms. The van der Waals surface area contributed by atoms with Crippen molar-refractivity contribution >= 4 is 11.9 Å². The molecule has 2 N–H and O–H groups in total. The fraction of sp³-hybridized carbons (Fsp3) is 0.600.